The molecule has 0 spiro atoms. The maximum absolute atomic E-state index is 12.4. The van der Waals surface area contributed by atoms with E-state index in [0.717, 1.165) is 12.8 Å². The lowest BCUT2D eigenvalue weighted by molar-refractivity contribution is 0.0680. The molecule has 0 unspecified atom stereocenters. The quantitative estimate of drug-likeness (QED) is 0.767. The highest BCUT2D eigenvalue weighted by atomic mass is 16.2. The molecule has 1 fully saturated rings. The van der Waals surface area contributed by atoms with E-state index in [2.05, 4.69) is 15.4 Å². The number of rotatable bonds is 2. The van der Waals surface area contributed by atoms with Crippen LogP contribution < -0.4 is 5.56 Å². The van der Waals surface area contributed by atoms with Crippen LogP contribution in [0.1, 0.15) is 29.4 Å². The number of amides is 1. The number of carbonyl (C=O) groups is 1. The minimum atomic E-state index is -0.226. The molecule has 110 valence electrons. The monoisotopic (exact) mass is 288 g/mol. The molecule has 21 heavy (non-hydrogen) atoms. The van der Waals surface area contributed by atoms with E-state index in [1.54, 1.807) is 11.1 Å². The zero-order valence-electron chi connectivity index (χ0n) is 11.7. The second kappa shape index (κ2) is 5.47. The first-order valence-corrected chi connectivity index (χ1v) is 6.84. The van der Waals surface area contributed by atoms with Gasteiger partial charge in [-0.25, -0.2) is 9.36 Å². The van der Waals surface area contributed by atoms with Gasteiger partial charge in [0.15, 0.2) is 0 Å². The van der Waals surface area contributed by atoms with Gasteiger partial charge in [0.1, 0.15) is 5.69 Å². The zero-order valence-corrected chi connectivity index (χ0v) is 11.7. The molecule has 2 aromatic heterocycles. The fraction of sp³-hybridized carbons (Fsp3) is 0.462. The minimum absolute atomic E-state index is 0.136. The van der Waals surface area contributed by atoms with Crippen molar-refractivity contribution in [2.24, 2.45) is 7.05 Å². The smallest absolute Gasteiger partial charge is 0.274 e. The second-order valence-electron chi connectivity index (χ2n) is 5.09. The summed E-state index contributed by atoms with van der Waals surface area (Å²) in [5.74, 6) is -0.136. The fourth-order valence-electron chi connectivity index (χ4n) is 2.52. The van der Waals surface area contributed by atoms with Crippen molar-refractivity contribution in [1.82, 2.24) is 29.7 Å². The van der Waals surface area contributed by atoms with Crippen LogP contribution in [-0.4, -0.2) is 48.7 Å². The Labute approximate surface area is 121 Å². The van der Waals surface area contributed by atoms with E-state index >= 15 is 0 Å². The molecule has 0 aromatic carbocycles. The largest absolute Gasteiger partial charge is 0.337 e. The Morgan fingerprint density at radius 3 is 2.67 bits per heavy atom. The van der Waals surface area contributed by atoms with E-state index in [1.807, 2.05) is 10.9 Å². The number of hydrogen-bond donors (Lipinski definition) is 0. The van der Waals surface area contributed by atoms with Gasteiger partial charge in [-0.2, -0.15) is 5.10 Å². The summed E-state index contributed by atoms with van der Waals surface area (Å²) in [4.78, 5) is 25.4. The highest BCUT2D eigenvalue weighted by Crippen LogP contribution is 2.21. The van der Waals surface area contributed by atoms with Crippen LogP contribution in [0.4, 0.5) is 0 Å². The summed E-state index contributed by atoms with van der Waals surface area (Å²) in [6, 6.07) is 3.13. The number of likely N-dealkylation sites (tertiary alicyclic amines) is 1. The molecular formula is C13H16N6O2. The number of carbonyl (C=O) groups excluding carboxylic acids is 1. The summed E-state index contributed by atoms with van der Waals surface area (Å²) in [7, 11) is 1.54. The summed E-state index contributed by atoms with van der Waals surface area (Å²) in [6.07, 6.45) is 5.17. The molecule has 0 aliphatic carbocycles. The minimum Gasteiger partial charge on any atom is -0.337 e. The van der Waals surface area contributed by atoms with Crippen LogP contribution in [0.25, 0.3) is 0 Å². The number of aromatic nitrogens is 5. The summed E-state index contributed by atoms with van der Waals surface area (Å²) < 4.78 is 3.02. The zero-order chi connectivity index (χ0) is 14.8. The molecule has 1 aliphatic rings. The van der Waals surface area contributed by atoms with Gasteiger partial charge in [-0.1, -0.05) is 5.21 Å². The Kier molecular flexibility index (Phi) is 3.51. The maximum atomic E-state index is 12.4. The summed E-state index contributed by atoms with van der Waals surface area (Å²) in [5.41, 5.74) is 0.0766. The van der Waals surface area contributed by atoms with E-state index in [0.29, 0.717) is 18.8 Å². The standard InChI is InChI=1S/C13H16N6O2/c1-17-12(20)3-2-11(15-17)13(21)18-7-4-10(5-8-18)19-9-6-14-16-19/h2-3,6,9-10H,4-5,7-8H2,1H3. The lowest BCUT2D eigenvalue weighted by Gasteiger charge is -2.31. The molecule has 0 atom stereocenters. The Hall–Kier alpha value is -2.51. The van der Waals surface area contributed by atoms with Crippen LogP contribution in [0, 0.1) is 0 Å². The summed E-state index contributed by atoms with van der Waals surface area (Å²) >= 11 is 0. The Balaban J connectivity index is 1.67. The number of aryl methyl sites for hydroxylation is 1. The molecule has 0 radical (unpaired) electrons. The van der Waals surface area contributed by atoms with E-state index in [4.69, 9.17) is 0 Å². The first kappa shape index (κ1) is 13.5. The van der Waals surface area contributed by atoms with Gasteiger partial charge in [0.2, 0.25) is 0 Å². The molecule has 2 aromatic rings. The molecule has 1 aliphatic heterocycles. The molecule has 8 heteroatoms. The Bertz CT molecular complexity index is 685. The maximum Gasteiger partial charge on any atom is 0.274 e. The van der Waals surface area contributed by atoms with Gasteiger partial charge in [0.05, 0.1) is 12.2 Å². The first-order chi connectivity index (χ1) is 10.1. The number of piperidine rings is 1. The Morgan fingerprint density at radius 2 is 2.05 bits per heavy atom. The number of nitrogens with zero attached hydrogens (tertiary/aromatic N) is 6. The molecule has 0 N–H and O–H groups in total. The van der Waals surface area contributed by atoms with Gasteiger partial charge in [0.25, 0.3) is 11.5 Å². The van der Waals surface area contributed by atoms with Crippen molar-refractivity contribution >= 4 is 5.91 Å². The van der Waals surface area contributed by atoms with Gasteiger partial charge >= 0.3 is 0 Å². The van der Waals surface area contributed by atoms with Gasteiger partial charge in [-0.3, -0.25) is 9.59 Å². The van der Waals surface area contributed by atoms with Crippen molar-refractivity contribution in [3.05, 3.63) is 40.6 Å². The highest BCUT2D eigenvalue weighted by molar-refractivity contribution is 5.92. The van der Waals surface area contributed by atoms with Gasteiger partial charge in [-0.05, 0) is 18.9 Å². The molecule has 1 saturated heterocycles. The van der Waals surface area contributed by atoms with Crippen molar-refractivity contribution < 1.29 is 4.79 Å². The van der Waals surface area contributed by atoms with Crippen LogP contribution in [0.2, 0.25) is 0 Å². The van der Waals surface area contributed by atoms with Gasteiger partial charge < -0.3 is 4.90 Å². The average Bonchev–Trinajstić information content (AvgIpc) is 3.04. The van der Waals surface area contributed by atoms with E-state index in [-0.39, 0.29) is 17.5 Å². The SMILES string of the molecule is Cn1nc(C(=O)N2CCC(n3ccnn3)CC2)ccc1=O. The van der Waals surface area contributed by atoms with Crippen molar-refractivity contribution in [2.75, 3.05) is 13.1 Å². The highest BCUT2D eigenvalue weighted by Gasteiger charge is 2.25. The van der Waals surface area contributed by atoms with Crippen LogP contribution in [0.5, 0.6) is 0 Å². The fourth-order valence-corrected chi connectivity index (χ4v) is 2.52. The predicted octanol–water partition coefficient (Wildman–Crippen LogP) is -0.151. The first-order valence-electron chi connectivity index (χ1n) is 6.84. The van der Waals surface area contributed by atoms with Crippen molar-refractivity contribution in [2.45, 2.75) is 18.9 Å². The molecule has 3 rings (SSSR count). The van der Waals surface area contributed by atoms with Crippen LogP contribution >= 0.6 is 0 Å². The molecular weight excluding hydrogens is 272 g/mol. The normalized spacial score (nSPS) is 16.1. The average molecular weight is 288 g/mol. The molecule has 0 saturated carbocycles. The van der Waals surface area contributed by atoms with E-state index in [9.17, 15) is 9.59 Å². The third-order valence-electron chi connectivity index (χ3n) is 3.75. The lowest BCUT2D eigenvalue weighted by Crippen LogP contribution is -2.40. The van der Waals surface area contributed by atoms with E-state index in [1.165, 1.54) is 23.9 Å². The molecule has 8 nitrogen and oxygen atoms in total. The summed E-state index contributed by atoms with van der Waals surface area (Å²) in [5, 5.41) is 11.8. The predicted molar refractivity (Wildman–Crippen MR) is 73.7 cm³/mol. The molecule has 1 amide bonds. The van der Waals surface area contributed by atoms with Crippen LogP contribution in [0.3, 0.4) is 0 Å². The van der Waals surface area contributed by atoms with Crippen LogP contribution in [-0.2, 0) is 7.05 Å². The Morgan fingerprint density at radius 1 is 1.29 bits per heavy atom. The second-order valence-corrected chi connectivity index (χ2v) is 5.09. The van der Waals surface area contributed by atoms with Crippen molar-refractivity contribution in [1.29, 1.82) is 0 Å². The third-order valence-corrected chi connectivity index (χ3v) is 3.75. The third kappa shape index (κ3) is 2.69. The summed E-state index contributed by atoms with van der Waals surface area (Å²) in [6.45, 7) is 1.29. The lowest BCUT2D eigenvalue weighted by atomic mass is 10.0. The van der Waals surface area contributed by atoms with Crippen LogP contribution in [0.15, 0.2) is 29.3 Å². The van der Waals surface area contributed by atoms with Crippen molar-refractivity contribution in [3.63, 3.8) is 0 Å². The molecule has 3 heterocycles. The van der Waals surface area contributed by atoms with Crippen molar-refractivity contribution in [3.8, 4) is 0 Å². The molecule has 0 bridgehead atoms. The van der Waals surface area contributed by atoms with Gasteiger partial charge in [0, 0.05) is 32.4 Å². The topological polar surface area (TPSA) is 85.9 Å². The van der Waals surface area contributed by atoms with Gasteiger partial charge in [-0.15, -0.1) is 5.10 Å². The van der Waals surface area contributed by atoms with E-state index < -0.39 is 0 Å². The number of hydrogen-bond acceptors (Lipinski definition) is 5.